The molecule has 2 saturated heterocycles. The summed E-state index contributed by atoms with van der Waals surface area (Å²) < 4.78 is 0. The Kier molecular flexibility index (Phi) is 4.75. The first-order valence-electron chi connectivity index (χ1n) is 7.97. The van der Waals surface area contributed by atoms with E-state index in [9.17, 15) is 4.79 Å². The van der Waals surface area contributed by atoms with E-state index in [4.69, 9.17) is 0 Å². The third-order valence-corrected chi connectivity index (χ3v) is 4.53. The molecule has 0 aliphatic carbocycles. The fourth-order valence-corrected chi connectivity index (χ4v) is 3.46. The third-order valence-electron chi connectivity index (χ3n) is 4.53. The predicted octanol–water partition coefficient (Wildman–Crippen LogP) is 1.66. The number of rotatable bonds is 3. The molecular weight excluding hydrogens is 250 g/mol. The van der Waals surface area contributed by atoms with E-state index < -0.39 is 0 Å². The van der Waals surface area contributed by atoms with Crippen molar-refractivity contribution in [2.75, 3.05) is 40.3 Å². The van der Waals surface area contributed by atoms with E-state index >= 15 is 0 Å². The maximum Gasteiger partial charge on any atom is 0.239 e. The highest BCUT2D eigenvalue weighted by Gasteiger charge is 2.38. The molecule has 0 N–H and O–H groups in total. The smallest absolute Gasteiger partial charge is 0.239 e. The lowest BCUT2D eigenvalue weighted by Gasteiger charge is -2.39. The zero-order valence-corrected chi connectivity index (χ0v) is 13.9. The Labute approximate surface area is 124 Å². The normalized spacial score (nSPS) is 29.5. The van der Waals surface area contributed by atoms with Crippen molar-refractivity contribution in [3.8, 4) is 0 Å². The number of carbonyl (C=O) groups is 1. The average Bonchev–Trinajstić information content (AvgIpc) is 2.79. The second-order valence-corrected chi connectivity index (χ2v) is 7.88. The maximum absolute atomic E-state index is 12.7. The fourth-order valence-electron chi connectivity index (χ4n) is 3.46. The number of likely N-dealkylation sites (tertiary alicyclic amines) is 2. The van der Waals surface area contributed by atoms with Gasteiger partial charge >= 0.3 is 0 Å². The number of carbonyl (C=O) groups excluding carboxylic acids is 1. The molecule has 0 aromatic rings. The second-order valence-electron chi connectivity index (χ2n) is 7.88. The standard InChI is InChI=1S/C16H31N3O/c1-16(2,3)12-19-9-6-7-14(15(19)20)18-10-8-13(11-18)17(4)5/h13-14H,6-12H2,1-5H3/t13-,14+/m0/s1. The zero-order valence-electron chi connectivity index (χ0n) is 13.9. The van der Waals surface area contributed by atoms with Gasteiger partial charge in [0.05, 0.1) is 6.04 Å². The summed E-state index contributed by atoms with van der Waals surface area (Å²) in [6.07, 6.45) is 3.38. The van der Waals surface area contributed by atoms with Crippen LogP contribution in [0.15, 0.2) is 0 Å². The van der Waals surface area contributed by atoms with Gasteiger partial charge in [0.25, 0.3) is 0 Å². The average molecular weight is 281 g/mol. The molecule has 116 valence electrons. The van der Waals surface area contributed by atoms with E-state index in [1.807, 2.05) is 0 Å². The van der Waals surface area contributed by atoms with Crippen LogP contribution in [0.5, 0.6) is 0 Å². The van der Waals surface area contributed by atoms with Crippen molar-refractivity contribution in [1.82, 2.24) is 14.7 Å². The minimum absolute atomic E-state index is 0.135. The van der Waals surface area contributed by atoms with E-state index in [1.54, 1.807) is 0 Å². The molecule has 0 radical (unpaired) electrons. The molecule has 4 heteroatoms. The summed E-state index contributed by atoms with van der Waals surface area (Å²) in [6, 6.07) is 0.747. The van der Waals surface area contributed by atoms with E-state index in [0.717, 1.165) is 39.0 Å². The summed E-state index contributed by atoms with van der Waals surface area (Å²) in [4.78, 5) is 19.5. The van der Waals surface area contributed by atoms with Gasteiger partial charge in [-0.05, 0) is 38.8 Å². The molecular formula is C16H31N3O. The first-order chi connectivity index (χ1) is 9.28. The minimum Gasteiger partial charge on any atom is -0.341 e. The summed E-state index contributed by atoms with van der Waals surface area (Å²) in [5.74, 6) is 0.366. The summed E-state index contributed by atoms with van der Waals surface area (Å²) in [7, 11) is 4.28. The van der Waals surface area contributed by atoms with E-state index in [2.05, 4.69) is 49.6 Å². The minimum atomic E-state index is 0.135. The number of likely N-dealkylation sites (N-methyl/N-ethyl adjacent to an activating group) is 1. The molecule has 2 aliphatic rings. The Morgan fingerprint density at radius 3 is 2.45 bits per heavy atom. The van der Waals surface area contributed by atoms with E-state index in [0.29, 0.717) is 11.9 Å². The van der Waals surface area contributed by atoms with Crippen LogP contribution in [0.3, 0.4) is 0 Å². The van der Waals surface area contributed by atoms with Crippen LogP contribution < -0.4 is 0 Å². The van der Waals surface area contributed by atoms with Gasteiger partial charge in [-0.25, -0.2) is 0 Å². The third kappa shape index (κ3) is 3.73. The summed E-state index contributed by atoms with van der Waals surface area (Å²) in [5, 5.41) is 0. The first kappa shape index (κ1) is 15.8. The highest BCUT2D eigenvalue weighted by atomic mass is 16.2. The van der Waals surface area contributed by atoms with Crippen molar-refractivity contribution < 1.29 is 4.79 Å². The Morgan fingerprint density at radius 2 is 1.90 bits per heavy atom. The van der Waals surface area contributed by atoms with Crippen LogP contribution in [0.25, 0.3) is 0 Å². The van der Waals surface area contributed by atoms with Gasteiger partial charge in [-0.2, -0.15) is 0 Å². The molecule has 4 nitrogen and oxygen atoms in total. The lowest BCUT2D eigenvalue weighted by atomic mass is 9.93. The molecule has 0 aromatic heterocycles. The Morgan fingerprint density at radius 1 is 1.20 bits per heavy atom. The Hall–Kier alpha value is -0.610. The van der Waals surface area contributed by atoms with Crippen LogP contribution in [0.1, 0.15) is 40.0 Å². The van der Waals surface area contributed by atoms with Gasteiger partial charge in [-0.3, -0.25) is 9.69 Å². The second kappa shape index (κ2) is 6.02. The molecule has 0 saturated carbocycles. The van der Waals surface area contributed by atoms with E-state index in [-0.39, 0.29) is 11.5 Å². The van der Waals surface area contributed by atoms with Gasteiger partial charge in [0.1, 0.15) is 0 Å². The predicted molar refractivity (Wildman–Crippen MR) is 82.7 cm³/mol. The lowest BCUT2D eigenvalue weighted by Crippen LogP contribution is -2.53. The van der Waals surface area contributed by atoms with Crippen LogP contribution in [0, 0.1) is 5.41 Å². The SMILES string of the molecule is CN(C)[C@H]1CCN([C@@H]2CCCN(CC(C)(C)C)C2=O)C1. The van der Waals surface area contributed by atoms with Crippen LogP contribution in [0.2, 0.25) is 0 Å². The van der Waals surface area contributed by atoms with Crippen LogP contribution in [0.4, 0.5) is 0 Å². The van der Waals surface area contributed by atoms with Crippen LogP contribution in [-0.2, 0) is 4.79 Å². The Balaban J connectivity index is 1.97. The monoisotopic (exact) mass is 281 g/mol. The van der Waals surface area contributed by atoms with Gasteiger partial charge in [0, 0.05) is 32.2 Å². The van der Waals surface area contributed by atoms with Crippen molar-refractivity contribution in [1.29, 1.82) is 0 Å². The number of nitrogens with zero attached hydrogens (tertiary/aromatic N) is 3. The van der Waals surface area contributed by atoms with Crippen molar-refractivity contribution in [3.63, 3.8) is 0 Å². The number of amides is 1. The quantitative estimate of drug-likeness (QED) is 0.787. The summed E-state index contributed by atoms with van der Waals surface area (Å²) in [5.41, 5.74) is 0.189. The molecule has 2 rings (SSSR count). The zero-order chi connectivity index (χ0) is 14.9. The topological polar surface area (TPSA) is 26.8 Å². The molecule has 1 amide bonds. The van der Waals surface area contributed by atoms with Gasteiger partial charge in [0.2, 0.25) is 5.91 Å². The van der Waals surface area contributed by atoms with Gasteiger partial charge < -0.3 is 9.80 Å². The molecule has 2 atom stereocenters. The van der Waals surface area contributed by atoms with Crippen molar-refractivity contribution in [2.24, 2.45) is 5.41 Å². The van der Waals surface area contributed by atoms with Crippen molar-refractivity contribution in [2.45, 2.75) is 52.1 Å². The number of hydrogen-bond donors (Lipinski definition) is 0. The van der Waals surface area contributed by atoms with Gasteiger partial charge in [0.15, 0.2) is 0 Å². The number of hydrogen-bond acceptors (Lipinski definition) is 3. The number of piperidine rings is 1. The van der Waals surface area contributed by atoms with E-state index in [1.165, 1.54) is 6.42 Å². The highest BCUT2D eigenvalue weighted by molar-refractivity contribution is 5.82. The first-order valence-corrected chi connectivity index (χ1v) is 7.97. The Bertz CT molecular complexity index is 348. The molecule has 2 heterocycles. The van der Waals surface area contributed by atoms with Gasteiger partial charge in [-0.15, -0.1) is 0 Å². The van der Waals surface area contributed by atoms with Gasteiger partial charge in [-0.1, -0.05) is 20.8 Å². The van der Waals surface area contributed by atoms with Crippen molar-refractivity contribution in [3.05, 3.63) is 0 Å². The molecule has 2 fully saturated rings. The van der Waals surface area contributed by atoms with Crippen LogP contribution in [-0.4, -0.2) is 73.0 Å². The molecule has 20 heavy (non-hydrogen) atoms. The largest absolute Gasteiger partial charge is 0.341 e. The van der Waals surface area contributed by atoms with Crippen LogP contribution >= 0.6 is 0 Å². The summed E-state index contributed by atoms with van der Waals surface area (Å²) >= 11 is 0. The maximum atomic E-state index is 12.7. The molecule has 0 bridgehead atoms. The van der Waals surface area contributed by atoms with Crippen molar-refractivity contribution >= 4 is 5.91 Å². The lowest BCUT2D eigenvalue weighted by molar-refractivity contribution is -0.141. The fraction of sp³-hybridized carbons (Fsp3) is 0.938. The highest BCUT2D eigenvalue weighted by Crippen LogP contribution is 2.25. The molecule has 0 unspecified atom stereocenters. The molecule has 2 aliphatic heterocycles. The molecule has 0 aromatic carbocycles. The molecule has 0 spiro atoms. The summed E-state index contributed by atoms with van der Waals surface area (Å²) in [6.45, 7) is 10.6.